The van der Waals surface area contributed by atoms with Crippen molar-refractivity contribution in [3.63, 3.8) is 0 Å². The molecule has 10 heteroatoms. The Morgan fingerprint density at radius 1 is 1.13 bits per heavy atom. The first-order valence-electron chi connectivity index (χ1n) is 9.48. The summed E-state index contributed by atoms with van der Waals surface area (Å²) in [6, 6.07) is 9.30. The average Bonchev–Trinajstić information content (AvgIpc) is 2.76. The predicted octanol–water partition coefficient (Wildman–Crippen LogP) is 1.67. The van der Waals surface area contributed by atoms with E-state index in [0.29, 0.717) is 29.8 Å². The lowest BCUT2D eigenvalue weighted by atomic mass is 9.99. The highest BCUT2D eigenvalue weighted by atomic mass is 32.2. The van der Waals surface area contributed by atoms with Crippen molar-refractivity contribution >= 4 is 33.4 Å². The third-order valence-electron chi connectivity index (χ3n) is 4.72. The Kier molecular flexibility index (Phi) is 6.71. The van der Waals surface area contributed by atoms with Crippen LogP contribution >= 0.6 is 0 Å². The lowest BCUT2D eigenvalue weighted by molar-refractivity contribution is -0.144. The van der Waals surface area contributed by atoms with Crippen LogP contribution in [0.4, 0.5) is 5.69 Å². The largest absolute Gasteiger partial charge is 0.497 e. The Morgan fingerprint density at radius 2 is 1.84 bits per heavy atom. The van der Waals surface area contributed by atoms with E-state index >= 15 is 0 Å². The maximum absolute atomic E-state index is 12.4. The molecule has 0 aliphatic carbocycles. The van der Waals surface area contributed by atoms with Gasteiger partial charge in [0.1, 0.15) is 11.8 Å². The van der Waals surface area contributed by atoms with E-state index in [1.165, 1.54) is 44.4 Å². The van der Waals surface area contributed by atoms with E-state index in [2.05, 4.69) is 10.0 Å². The molecule has 0 saturated carbocycles. The first-order valence-corrected chi connectivity index (χ1v) is 11.0. The zero-order chi connectivity index (χ0) is 22.6. The van der Waals surface area contributed by atoms with Crippen molar-refractivity contribution in [2.24, 2.45) is 0 Å². The number of esters is 1. The molecule has 0 saturated heterocycles. The predicted molar refractivity (Wildman–Crippen MR) is 111 cm³/mol. The number of carbonyl (C=O) groups is 3. The molecule has 0 spiro atoms. The molecule has 0 radical (unpaired) electrons. The van der Waals surface area contributed by atoms with Crippen LogP contribution in [-0.4, -0.2) is 45.8 Å². The second-order valence-corrected chi connectivity index (χ2v) is 8.68. The SMILES string of the molecule is COc1ccc(S(=O)(=O)NC(C)C(=O)OCC(=O)c2ccc3c(c2)CCC(=O)N3)cc1. The summed E-state index contributed by atoms with van der Waals surface area (Å²) < 4.78 is 37.0. The molecule has 31 heavy (non-hydrogen) atoms. The van der Waals surface area contributed by atoms with E-state index in [-0.39, 0.29) is 10.8 Å². The van der Waals surface area contributed by atoms with Crippen LogP contribution in [0.3, 0.4) is 0 Å². The molecule has 2 aromatic rings. The van der Waals surface area contributed by atoms with Gasteiger partial charge >= 0.3 is 5.97 Å². The fraction of sp³-hybridized carbons (Fsp3) is 0.286. The second-order valence-electron chi connectivity index (χ2n) is 6.97. The Labute approximate surface area is 179 Å². The molecular formula is C21H22N2O7S. The molecule has 1 heterocycles. The van der Waals surface area contributed by atoms with Crippen LogP contribution in [0.2, 0.25) is 0 Å². The topological polar surface area (TPSA) is 128 Å². The standard InChI is InChI=1S/C21H22N2O7S/c1-13(23-31(27,28)17-7-5-16(29-2)6-8-17)21(26)30-12-19(24)15-3-9-18-14(11-15)4-10-20(25)22-18/h3,5-9,11,13,23H,4,10,12H2,1-2H3,(H,22,25). The molecule has 3 rings (SSSR count). The van der Waals surface area contributed by atoms with Gasteiger partial charge in [0.25, 0.3) is 0 Å². The number of hydrogen-bond donors (Lipinski definition) is 2. The minimum absolute atomic E-state index is 0.0369. The van der Waals surface area contributed by atoms with E-state index in [1.54, 1.807) is 12.1 Å². The monoisotopic (exact) mass is 446 g/mol. The maximum atomic E-state index is 12.4. The van der Waals surface area contributed by atoms with Gasteiger partial charge in [0.15, 0.2) is 12.4 Å². The Morgan fingerprint density at radius 3 is 2.52 bits per heavy atom. The van der Waals surface area contributed by atoms with Gasteiger partial charge in [0.05, 0.1) is 12.0 Å². The van der Waals surface area contributed by atoms with E-state index in [0.717, 1.165) is 5.56 Å². The zero-order valence-electron chi connectivity index (χ0n) is 17.0. The fourth-order valence-corrected chi connectivity index (χ4v) is 4.20. The third-order valence-corrected chi connectivity index (χ3v) is 6.28. The quantitative estimate of drug-likeness (QED) is 0.466. The molecular weight excluding hydrogens is 424 g/mol. The summed E-state index contributed by atoms with van der Waals surface area (Å²) in [5.74, 6) is -0.894. The van der Waals surface area contributed by atoms with E-state index in [9.17, 15) is 22.8 Å². The average molecular weight is 446 g/mol. The van der Waals surface area contributed by atoms with Crippen LogP contribution in [0.1, 0.15) is 29.3 Å². The van der Waals surface area contributed by atoms with Crippen LogP contribution in [-0.2, 0) is 30.8 Å². The highest BCUT2D eigenvalue weighted by molar-refractivity contribution is 7.89. The second kappa shape index (κ2) is 9.27. The van der Waals surface area contributed by atoms with Crippen LogP contribution < -0.4 is 14.8 Å². The number of anilines is 1. The van der Waals surface area contributed by atoms with Gasteiger partial charge in [-0.1, -0.05) is 0 Å². The lowest BCUT2D eigenvalue weighted by Crippen LogP contribution is -2.40. The van der Waals surface area contributed by atoms with Gasteiger partial charge in [-0.05, 0) is 61.4 Å². The number of ether oxygens (including phenoxy) is 2. The summed E-state index contributed by atoms with van der Waals surface area (Å²) in [4.78, 5) is 35.9. The molecule has 1 unspecified atom stereocenters. The fourth-order valence-electron chi connectivity index (χ4n) is 3.01. The van der Waals surface area contributed by atoms with Gasteiger partial charge in [-0.2, -0.15) is 4.72 Å². The molecule has 0 bridgehead atoms. The molecule has 1 aliphatic rings. The summed E-state index contributed by atoms with van der Waals surface area (Å²) in [5.41, 5.74) is 1.83. The van der Waals surface area contributed by atoms with Crippen LogP contribution in [0.15, 0.2) is 47.4 Å². The summed E-state index contributed by atoms with van der Waals surface area (Å²) in [5, 5.41) is 2.72. The molecule has 1 aliphatic heterocycles. The van der Waals surface area contributed by atoms with Gasteiger partial charge in [0.2, 0.25) is 15.9 Å². The molecule has 0 fully saturated rings. The summed E-state index contributed by atoms with van der Waals surface area (Å²) in [6.07, 6.45) is 0.859. The number of aryl methyl sites for hydroxylation is 1. The molecule has 164 valence electrons. The number of rotatable bonds is 8. The third kappa shape index (κ3) is 5.47. The zero-order valence-corrected chi connectivity index (χ0v) is 17.8. The van der Waals surface area contributed by atoms with Crippen molar-refractivity contribution < 1.29 is 32.3 Å². The van der Waals surface area contributed by atoms with Crippen molar-refractivity contribution in [1.82, 2.24) is 4.72 Å². The Bertz CT molecular complexity index is 1110. The van der Waals surface area contributed by atoms with Gasteiger partial charge in [-0.15, -0.1) is 0 Å². The minimum atomic E-state index is -3.96. The normalized spacial score (nSPS) is 14.2. The number of fused-ring (bicyclic) bond motifs is 1. The molecule has 9 nitrogen and oxygen atoms in total. The van der Waals surface area contributed by atoms with Crippen molar-refractivity contribution in [2.45, 2.75) is 30.7 Å². The molecule has 0 aromatic heterocycles. The number of ketones is 1. The summed E-state index contributed by atoms with van der Waals surface area (Å²) >= 11 is 0. The number of sulfonamides is 1. The number of benzene rings is 2. The number of nitrogens with one attached hydrogen (secondary N) is 2. The summed E-state index contributed by atoms with van der Waals surface area (Å²) in [7, 11) is -2.50. The molecule has 1 amide bonds. The van der Waals surface area contributed by atoms with E-state index in [1.807, 2.05) is 0 Å². The molecule has 2 aromatic carbocycles. The number of amides is 1. The molecule has 2 N–H and O–H groups in total. The first kappa shape index (κ1) is 22.4. The van der Waals surface area contributed by atoms with Gasteiger partial charge in [-0.25, -0.2) is 8.42 Å². The maximum Gasteiger partial charge on any atom is 0.324 e. The van der Waals surface area contributed by atoms with E-state index < -0.39 is 34.4 Å². The van der Waals surface area contributed by atoms with Crippen molar-refractivity contribution in [3.8, 4) is 5.75 Å². The number of hydrogen-bond acceptors (Lipinski definition) is 7. The highest BCUT2D eigenvalue weighted by Crippen LogP contribution is 2.23. The van der Waals surface area contributed by atoms with Crippen molar-refractivity contribution in [3.05, 3.63) is 53.6 Å². The Balaban J connectivity index is 1.57. The van der Waals surface area contributed by atoms with Gasteiger partial charge in [-0.3, -0.25) is 14.4 Å². The van der Waals surface area contributed by atoms with Gasteiger partial charge in [0, 0.05) is 17.7 Å². The van der Waals surface area contributed by atoms with Crippen LogP contribution in [0.5, 0.6) is 5.75 Å². The smallest absolute Gasteiger partial charge is 0.324 e. The van der Waals surface area contributed by atoms with Crippen LogP contribution in [0, 0.1) is 0 Å². The highest BCUT2D eigenvalue weighted by Gasteiger charge is 2.24. The lowest BCUT2D eigenvalue weighted by Gasteiger charge is -2.17. The minimum Gasteiger partial charge on any atom is -0.497 e. The first-order chi connectivity index (χ1) is 14.7. The number of Topliss-reactive ketones (excluding diaryl/α,β-unsaturated/α-hetero) is 1. The van der Waals surface area contributed by atoms with Crippen LogP contribution in [0.25, 0.3) is 0 Å². The van der Waals surface area contributed by atoms with E-state index in [4.69, 9.17) is 9.47 Å². The Hall–Kier alpha value is -3.24. The van der Waals surface area contributed by atoms with Gasteiger partial charge < -0.3 is 14.8 Å². The number of methoxy groups -OCH3 is 1. The molecule has 1 atom stereocenters. The van der Waals surface area contributed by atoms with Crippen molar-refractivity contribution in [1.29, 1.82) is 0 Å². The summed E-state index contributed by atoms with van der Waals surface area (Å²) in [6.45, 7) is 0.800. The van der Waals surface area contributed by atoms with Crippen molar-refractivity contribution in [2.75, 3.05) is 19.0 Å². The number of carbonyl (C=O) groups excluding carboxylic acids is 3.